The molecule has 0 radical (unpaired) electrons. The number of nitrogens with one attached hydrogen (secondary N) is 1. The molecular formula is C23H27N5O. The maximum Gasteiger partial charge on any atom is 0.274 e. The average Bonchev–Trinajstić information content (AvgIpc) is 2.73. The fourth-order valence-corrected chi connectivity index (χ4v) is 3.17. The van der Waals surface area contributed by atoms with E-state index in [1.807, 2.05) is 56.1 Å². The first kappa shape index (κ1) is 20.5. The molecule has 1 N–H and O–H groups in total. The van der Waals surface area contributed by atoms with Gasteiger partial charge in [-0.05, 0) is 61.6 Å². The highest BCUT2D eigenvalue weighted by Crippen LogP contribution is 2.22. The molecule has 0 aliphatic heterocycles. The topological polar surface area (TPSA) is 71.0 Å². The quantitative estimate of drug-likeness (QED) is 0.662. The summed E-state index contributed by atoms with van der Waals surface area (Å²) in [5.74, 6) is 0.327. The molecule has 0 fully saturated rings. The van der Waals surface area contributed by atoms with Gasteiger partial charge in [0.1, 0.15) is 5.69 Å². The van der Waals surface area contributed by atoms with Crippen LogP contribution in [-0.4, -0.2) is 34.5 Å². The maximum absolute atomic E-state index is 12.9. The first-order valence-electron chi connectivity index (χ1n) is 9.83. The summed E-state index contributed by atoms with van der Waals surface area (Å²) in [7, 11) is 1.94. The number of benzene rings is 1. The summed E-state index contributed by atoms with van der Waals surface area (Å²) in [6.45, 7) is 6.70. The van der Waals surface area contributed by atoms with E-state index in [9.17, 15) is 4.79 Å². The Kier molecular flexibility index (Phi) is 6.54. The standard InChI is InChI=1S/C23H27N5O/c1-5-19-8-6-7-16(2)21(19)27-22(29)20-15-17(3)25-23(26-20)28(4)14-11-18-9-12-24-13-10-18/h6-10,12-13,15H,5,11,14H2,1-4H3,(H,27,29). The maximum atomic E-state index is 12.9. The van der Waals surface area contributed by atoms with E-state index in [1.54, 1.807) is 18.5 Å². The Bertz CT molecular complexity index is 988. The molecule has 6 heteroatoms. The van der Waals surface area contributed by atoms with Crippen LogP contribution in [0.1, 0.15) is 39.8 Å². The van der Waals surface area contributed by atoms with E-state index < -0.39 is 0 Å². The molecule has 6 nitrogen and oxygen atoms in total. The molecular weight excluding hydrogens is 362 g/mol. The third-order valence-corrected chi connectivity index (χ3v) is 4.88. The molecule has 0 aliphatic carbocycles. The SMILES string of the molecule is CCc1cccc(C)c1NC(=O)c1cc(C)nc(N(C)CCc2ccncc2)n1. The Hall–Kier alpha value is -3.28. The Balaban J connectivity index is 1.77. The Morgan fingerprint density at radius 2 is 1.86 bits per heavy atom. The number of anilines is 2. The van der Waals surface area contributed by atoms with Crippen molar-refractivity contribution in [3.63, 3.8) is 0 Å². The second-order valence-corrected chi connectivity index (χ2v) is 7.14. The average molecular weight is 390 g/mol. The zero-order valence-corrected chi connectivity index (χ0v) is 17.4. The fraction of sp³-hybridized carbons (Fsp3) is 0.304. The summed E-state index contributed by atoms with van der Waals surface area (Å²) < 4.78 is 0. The van der Waals surface area contributed by atoms with Crippen molar-refractivity contribution in [1.29, 1.82) is 0 Å². The lowest BCUT2D eigenvalue weighted by molar-refractivity contribution is 0.102. The third-order valence-electron chi connectivity index (χ3n) is 4.88. The lowest BCUT2D eigenvalue weighted by atomic mass is 10.1. The Labute approximate surface area is 172 Å². The molecule has 0 aliphatic rings. The molecule has 2 aromatic heterocycles. The van der Waals surface area contributed by atoms with E-state index in [1.165, 1.54) is 5.56 Å². The lowest BCUT2D eigenvalue weighted by Crippen LogP contribution is -2.25. The summed E-state index contributed by atoms with van der Waals surface area (Å²) >= 11 is 0. The zero-order chi connectivity index (χ0) is 20.8. The van der Waals surface area contributed by atoms with Crippen LogP contribution in [0.4, 0.5) is 11.6 Å². The van der Waals surface area contributed by atoms with Gasteiger partial charge in [-0.25, -0.2) is 9.97 Å². The molecule has 0 bridgehead atoms. The van der Waals surface area contributed by atoms with Crippen molar-refractivity contribution in [2.75, 3.05) is 23.8 Å². The van der Waals surface area contributed by atoms with Gasteiger partial charge in [-0.2, -0.15) is 0 Å². The molecule has 0 saturated heterocycles. The first-order chi connectivity index (χ1) is 14.0. The number of nitrogens with zero attached hydrogens (tertiary/aromatic N) is 4. The van der Waals surface area contributed by atoms with Crippen molar-refractivity contribution in [3.05, 3.63) is 76.9 Å². The van der Waals surface area contributed by atoms with Crippen molar-refractivity contribution in [2.45, 2.75) is 33.6 Å². The van der Waals surface area contributed by atoms with E-state index in [-0.39, 0.29) is 5.91 Å². The van der Waals surface area contributed by atoms with E-state index in [4.69, 9.17) is 0 Å². The van der Waals surface area contributed by atoms with Crippen molar-refractivity contribution in [1.82, 2.24) is 15.0 Å². The molecule has 0 unspecified atom stereocenters. The number of para-hydroxylation sites is 1. The van der Waals surface area contributed by atoms with Crippen LogP contribution < -0.4 is 10.2 Å². The van der Waals surface area contributed by atoms with E-state index >= 15 is 0 Å². The highest BCUT2D eigenvalue weighted by Gasteiger charge is 2.15. The van der Waals surface area contributed by atoms with E-state index in [0.29, 0.717) is 11.6 Å². The molecule has 1 aromatic carbocycles. The summed E-state index contributed by atoms with van der Waals surface area (Å²) in [4.78, 5) is 28.0. The van der Waals surface area contributed by atoms with Crippen molar-refractivity contribution in [2.24, 2.45) is 0 Å². The molecule has 150 valence electrons. The number of carbonyl (C=O) groups excluding carboxylic acids is 1. The molecule has 0 atom stereocenters. The summed E-state index contributed by atoms with van der Waals surface area (Å²) in [6.07, 6.45) is 5.28. The monoisotopic (exact) mass is 389 g/mol. The largest absolute Gasteiger partial charge is 0.344 e. The minimum absolute atomic E-state index is 0.219. The lowest BCUT2D eigenvalue weighted by Gasteiger charge is -2.18. The fourth-order valence-electron chi connectivity index (χ4n) is 3.17. The minimum atomic E-state index is -0.219. The van der Waals surface area contributed by atoms with Crippen LogP contribution in [0.15, 0.2) is 48.8 Å². The molecule has 0 saturated carbocycles. The Morgan fingerprint density at radius 1 is 1.10 bits per heavy atom. The van der Waals surface area contributed by atoms with Gasteiger partial charge in [0.25, 0.3) is 5.91 Å². The highest BCUT2D eigenvalue weighted by atomic mass is 16.1. The van der Waals surface area contributed by atoms with Crippen LogP contribution >= 0.6 is 0 Å². The number of likely N-dealkylation sites (N-methyl/N-ethyl adjacent to an activating group) is 1. The third kappa shape index (κ3) is 5.16. The Morgan fingerprint density at radius 3 is 2.59 bits per heavy atom. The number of aryl methyl sites for hydroxylation is 3. The van der Waals surface area contributed by atoms with Crippen LogP contribution in [0.5, 0.6) is 0 Å². The van der Waals surface area contributed by atoms with Gasteiger partial charge >= 0.3 is 0 Å². The summed E-state index contributed by atoms with van der Waals surface area (Å²) in [5.41, 5.74) is 5.34. The van der Waals surface area contributed by atoms with Gasteiger partial charge < -0.3 is 10.2 Å². The molecule has 1 amide bonds. The van der Waals surface area contributed by atoms with Crippen LogP contribution in [0.2, 0.25) is 0 Å². The molecule has 2 heterocycles. The van der Waals surface area contributed by atoms with Gasteiger partial charge in [-0.1, -0.05) is 25.1 Å². The van der Waals surface area contributed by atoms with Gasteiger partial charge in [-0.15, -0.1) is 0 Å². The minimum Gasteiger partial charge on any atom is -0.344 e. The van der Waals surface area contributed by atoms with Crippen LogP contribution in [0, 0.1) is 13.8 Å². The van der Waals surface area contributed by atoms with Gasteiger partial charge in [0.05, 0.1) is 0 Å². The number of hydrogen-bond donors (Lipinski definition) is 1. The number of carbonyl (C=O) groups is 1. The van der Waals surface area contributed by atoms with Crippen molar-refractivity contribution in [3.8, 4) is 0 Å². The van der Waals surface area contributed by atoms with Crippen molar-refractivity contribution < 1.29 is 4.79 Å². The second-order valence-electron chi connectivity index (χ2n) is 7.14. The van der Waals surface area contributed by atoms with Gasteiger partial charge in [0, 0.05) is 37.4 Å². The molecule has 3 rings (SSSR count). The molecule has 3 aromatic rings. The van der Waals surface area contributed by atoms with Crippen molar-refractivity contribution >= 4 is 17.5 Å². The second kappa shape index (κ2) is 9.28. The number of aromatic nitrogens is 3. The first-order valence-corrected chi connectivity index (χ1v) is 9.83. The number of amides is 1. The summed E-state index contributed by atoms with van der Waals surface area (Å²) in [6, 6.07) is 11.8. The summed E-state index contributed by atoms with van der Waals surface area (Å²) in [5, 5.41) is 3.04. The van der Waals surface area contributed by atoms with E-state index in [0.717, 1.165) is 41.9 Å². The van der Waals surface area contributed by atoms with Crippen LogP contribution in [0.3, 0.4) is 0 Å². The highest BCUT2D eigenvalue weighted by molar-refractivity contribution is 6.04. The molecule has 29 heavy (non-hydrogen) atoms. The van der Waals surface area contributed by atoms with E-state index in [2.05, 4.69) is 27.2 Å². The van der Waals surface area contributed by atoms with Crippen LogP contribution in [-0.2, 0) is 12.8 Å². The normalized spacial score (nSPS) is 10.6. The van der Waals surface area contributed by atoms with Gasteiger partial charge in [0.2, 0.25) is 5.95 Å². The molecule has 0 spiro atoms. The van der Waals surface area contributed by atoms with Gasteiger partial charge in [-0.3, -0.25) is 9.78 Å². The van der Waals surface area contributed by atoms with Crippen LogP contribution in [0.25, 0.3) is 0 Å². The number of rotatable bonds is 7. The predicted molar refractivity (Wildman–Crippen MR) is 116 cm³/mol. The smallest absolute Gasteiger partial charge is 0.274 e. The predicted octanol–water partition coefficient (Wildman–Crippen LogP) is 3.98. The van der Waals surface area contributed by atoms with Gasteiger partial charge in [0.15, 0.2) is 0 Å². The zero-order valence-electron chi connectivity index (χ0n) is 17.4. The number of hydrogen-bond acceptors (Lipinski definition) is 5. The number of pyridine rings is 1.